The second kappa shape index (κ2) is 7.47. The molecule has 2 heterocycles. The molecule has 0 amide bonds. The molecule has 2 atom stereocenters. The lowest BCUT2D eigenvalue weighted by Crippen LogP contribution is -2.38. The number of pyridine rings is 1. The highest BCUT2D eigenvalue weighted by molar-refractivity contribution is 6.30. The fourth-order valence-corrected chi connectivity index (χ4v) is 2.91. The molecule has 6 heteroatoms. The molecule has 2 aromatic rings. The van der Waals surface area contributed by atoms with E-state index in [1.165, 1.54) is 0 Å². The molecule has 25 heavy (non-hydrogen) atoms. The van der Waals surface area contributed by atoms with Crippen molar-refractivity contribution in [1.29, 1.82) is 5.26 Å². The molecule has 1 unspecified atom stereocenters. The molecule has 0 aliphatic carbocycles. The van der Waals surface area contributed by atoms with Gasteiger partial charge in [0.1, 0.15) is 17.9 Å². The maximum Gasteiger partial charge on any atom is 0.148 e. The van der Waals surface area contributed by atoms with Gasteiger partial charge in [-0.3, -0.25) is 4.99 Å². The van der Waals surface area contributed by atoms with Gasteiger partial charge in [0, 0.05) is 28.7 Å². The summed E-state index contributed by atoms with van der Waals surface area (Å²) in [7, 11) is 0. The van der Waals surface area contributed by atoms with Crippen molar-refractivity contribution < 1.29 is 5.11 Å². The lowest BCUT2D eigenvalue weighted by Gasteiger charge is -2.39. The van der Waals surface area contributed by atoms with Crippen LogP contribution in [0.25, 0.3) is 5.70 Å². The lowest BCUT2D eigenvalue weighted by molar-refractivity contribution is 0.152. The van der Waals surface area contributed by atoms with Gasteiger partial charge in [0.05, 0.1) is 12.6 Å². The zero-order chi connectivity index (χ0) is 17.8. The Hall–Kier alpha value is -2.68. The Morgan fingerprint density at radius 2 is 2.04 bits per heavy atom. The summed E-state index contributed by atoms with van der Waals surface area (Å²) in [4.78, 5) is 10.8. The van der Waals surface area contributed by atoms with E-state index < -0.39 is 0 Å². The molecular formula is C19H17ClN4O. The zero-order valence-electron chi connectivity index (χ0n) is 13.7. The molecular weight excluding hydrogens is 336 g/mol. The summed E-state index contributed by atoms with van der Waals surface area (Å²) in [6.07, 6.45) is 5.01. The third kappa shape index (κ3) is 3.55. The first-order valence-electron chi connectivity index (χ1n) is 7.88. The van der Waals surface area contributed by atoms with Gasteiger partial charge >= 0.3 is 0 Å². The van der Waals surface area contributed by atoms with Gasteiger partial charge in [0.25, 0.3) is 0 Å². The van der Waals surface area contributed by atoms with E-state index in [1.807, 2.05) is 54.3 Å². The average molecular weight is 353 g/mol. The van der Waals surface area contributed by atoms with E-state index >= 15 is 0 Å². The number of benzene rings is 1. The zero-order valence-corrected chi connectivity index (χ0v) is 14.4. The van der Waals surface area contributed by atoms with Gasteiger partial charge in [-0.2, -0.15) is 5.26 Å². The minimum atomic E-state index is -0.321. The molecule has 1 aromatic carbocycles. The molecule has 0 saturated carbocycles. The van der Waals surface area contributed by atoms with Crippen molar-refractivity contribution in [3.8, 4) is 6.07 Å². The Bertz CT molecular complexity index is 837. The van der Waals surface area contributed by atoms with Crippen molar-refractivity contribution >= 4 is 23.5 Å². The van der Waals surface area contributed by atoms with E-state index in [1.54, 1.807) is 18.5 Å². The van der Waals surface area contributed by atoms with Crippen LogP contribution < -0.4 is 0 Å². The standard InChI is InChI=1S/C19H17ClN4O/c1-13(12-25)24-18(14-2-5-16(20)6-3-14)8-9-22-19(24)15-4-7-17(10-21)23-11-15/h2-9,11,13,19,25H,12H2,1H3/t13-,19?/m0/s1. The van der Waals surface area contributed by atoms with Gasteiger partial charge in [0.15, 0.2) is 0 Å². The highest BCUT2D eigenvalue weighted by atomic mass is 35.5. The van der Waals surface area contributed by atoms with Gasteiger partial charge in [-0.05, 0) is 36.8 Å². The van der Waals surface area contributed by atoms with Crippen LogP contribution in [0, 0.1) is 11.3 Å². The van der Waals surface area contributed by atoms with Gasteiger partial charge < -0.3 is 10.0 Å². The largest absolute Gasteiger partial charge is 0.394 e. The van der Waals surface area contributed by atoms with E-state index in [4.69, 9.17) is 16.9 Å². The molecule has 1 aliphatic heterocycles. The number of hydrogen-bond donors (Lipinski definition) is 1. The summed E-state index contributed by atoms with van der Waals surface area (Å²) in [5.41, 5.74) is 3.15. The van der Waals surface area contributed by atoms with Gasteiger partial charge in [-0.15, -0.1) is 0 Å². The monoisotopic (exact) mass is 352 g/mol. The molecule has 3 rings (SSSR count). The Labute approximate surface area is 151 Å². The molecule has 0 bridgehead atoms. The third-order valence-corrected chi connectivity index (χ3v) is 4.33. The number of aliphatic hydroxyl groups excluding tert-OH is 1. The maximum absolute atomic E-state index is 9.74. The van der Waals surface area contributed by atoms with Crippen molar-refractivity contribution in [3.63, 3.8) is 0 Å². The highest BCUT2D eigenvalue weighted by Gasteiger charge is 2.29. The number of halogens is 1. The lowest BCUT2D eigenvalue weighted by atomic mass is 10.0. The predicted molar refractivity (Wildman–Crippen MR) is 98.0 cm³/mol. The topological polar surface area (TPSA) is 72.5 Å². The fraction of sp³-hybridized carbons (Fsp3) is 0.211. The van der Waals surface area contributed by atoms with Crippen LogP contribution in [-0.2, 0) is 0 Å². The first-order chi connectivity index (χ1) is 12.1. The molecule has 0 radical (unpaired) electrons. The smallest absolute Gasteiger partial charge is 0.148 e. The normalized spacial score (nSPS) is 17.8. The second-order valence-electron chi connectivity index (χ2n) is 5.76. The number of aliphatic imine (C=N–C) groups is 1. The number of rotatable bonds is 4. The van der Waals surface area contributed by atoms with Crippen molar-refractivity contribution in [3.05, 3.63) is 70.5 Å². The second-order valence-corrected chi connectivity index (χ2v) is 6.19. The number of allylic oxidation sites excluding steroid dienone is 1. The van der Waals surface area contributed by atoms with E-state index in [9.17, 15) is 5.11 Å². The Kier molecular flexibility index (Phi) is 5.13. The average Bonchev–Trinajstić information content (AvgIpc) is 2.67. The van der Waals surface area contributed by atoms with Crippen LogP contribution >= 0.6 is 11.6 Å². The number of aliphatic hydroxyl groups is 1. The minimum Gasteiger partial charge on any atom is -0.394 e. The van der Waals surface area contributed by atoms with Crippen LogP contribution in [-0.4, -0.2) is 33.9 Å². The molecule has 1 aromatic heterocycles. The number of nitriles is 1. The Morgan fingerprint density at radius 1 is 1.28 bits per heavy atom. The molecule has 1 N–H and O–H groups in total. The van der Waals surface area contributed by atoms with E-state index in [0.717, 1.165) is 16.8 Å². The molecule has 0 saturated heterocycles. The minimum absolute atomic E-state index is 0.0132. The summed E-state index contributed by atoms with van der Waals surface area (Å²) < 4.78 is 0. The summed E-state index contributed by atoms with van der Waals surface area (Å²) >= 11 is 6.00. The number of hydrogen-bond acceptors (Lipinski definition) is 5. The van der Waals surface area contributed by atoms with E-state index in [-0.39, 0.29) is 18.8 Å². The van der Waals surface area contributed by atoms with Crippen LogP contribution in [0.4, 0.5) is 0 Å². The number of aromatic nitrogens is 1. The van der Waals surface area contributed by atoms with Gasteiger partial charge in [-0.1, -0.05) is 29.8 Å². The van der Waals surface area contributed by atoms with Crippen molar-refractivity contribution in [2.45, 2.75) is 19.1 Å². The van der Waals surface area contributed by atoms with Crippen molar-refractivity contribution in [2.75, 3.05) is 6.61 Å². The van der Waals surface area contributed by atoms with Crippen LogP contribution in [0.2, 0.25) is 5.02 Å². The van der Waals surface area contributed by atoms with Crippen molar-refractivity contribution in [1.82, 2.24) is 9.88 Å². The van der Waals surface area contributed by atoms with Gasteiger partial charge in [-0.25, -0.2) is 4.98 Å². The molecule has 126 valence electrons. The van der Waals surface area contributed by atoms with Crippen molar-refractivity contribution in [2.24, 2.45) is 4.99 Å². The molecule has 0 spiro atoms. The molecule has 1 aliphatic rings. The van der Waals surface area contributed by atoms with Gasteiger partial charge in [0.2, 0.25) is 0 Å². The first kappa shape index (κ1) is 17.2. The fourth-order valence-electron chi connectivity index (χ4n) is 2.79. The predicted octanol–water partition coefficient (Wildman–Crippen LogP) is 3.41. The Balaban J connectivity index is 2.01. The van der Waals surface area contributed by atoms with Crippen LogP contribution in [0.15, 0.2) is 53.7 Å². The first-order valence-corrected chi connectivity index (χ1v) is 8.26. The summed E-state index contributed by atoms with van der Waals surface area (Å²) in [5, 5.41) is 19.3. The van der Waals surface area contributed by atoms with Crippen LogP contribution in [0.3, 0.4) is 0 Å². The Morgan fingerprint density at radius 3 is 2.64 bits per heavy atom. The van der Waals surface area contributed by atoms with Crippen LogP contribution in [0.1, 0.15) is 29.9 Å². The molecule has 5 nitrogen and oxygen atoms in total. The van der Waals surface area contributed by atoms with E-state index in [2.05, 4.69) is 9.98 Å². The van der Waals surface area contributed by atoms with E-state index in [0.29, 0.717) is 10.7 Å². The SMILES string of the molecule is C[C@@H](CO)N1C(c2ccc(Cl)cc2)=CC=NC1c1ccc(C#N)nc1. The summed E-state index contributed by atoms with van der Waals surface area (Å²) in [5.74, 6) is 0. The van der Waals surface area contributed by atoms with Crippen LogP contribution in [0.5, 0.6) is 0 Å². The third-order valence-electron chi connectivity index (χ3n) is 4.08. The summed E-state index contributed by atoms with van der Waals surface area (Å²) in [6.45, 7) is 1.93. The summed E-state index contributed by atoms with van der Waals surface area (Å²) in [6, 6.07) is 12.9. The number of nitrogens with zero attached hydrogens (tertiary/aromatic N) is 4. The molecule has 0 fully saturated rings. The quantitative estimate of drug-likeness (QED) is 0.915. The maximum atomic E-state index is 9.74. The highest BCUT2D eigenvalue weighted by Crippen LogP contribution is 2.35.